The van der Waals surface area contributed by atoms with Crippen molar-refractivity contribution in [2.24, 2.45) is 22.7 Å². The molecular formula is C17H32O. The van der Waals surface area contributed by atoms with E-state index in [0.29, 0.717) is 23.0 Å². The molecule has 0 aromatic carbocycles. The minimum atomic E-state index is 0.197. The Morgan fingerprint density at radius 2 is 1.67 bits per heavy atom. The van der Waals surface area contributed by atoms with Gasteiger partial charge in [0, 0.05) is 12.3 Å². The zero-order valence-electron chi connectivity index (χ0n) is 13.3. The van der Waals surface area contributed by atoms with Gasteiger partial charge in [0.15, 0.2) is 0 Å². The molecule has 0 aliphatic heterocycles. The van der Waals surface area contributed by atoms with Crippen LogP contribution in [0.4, 0.5) is 0 Å². The van der Waals surface area contributed by atoms with E-state index in [1.807, 2.05) is 0 Å². The lowest BCUT2D eigenvalue weighted by molar-refractivity contribution is -0.130. The number of hydrogen-bond acceptors (Lipinski definition) is 1. The standard InChI is InChI=1S/C17H32O/c1-13-8-9-14(15(18)12-13)17(5,6)11-7-10-16(2,3)4/h13-14H,7-12H2,1-6H3. The summed E-state index contributed by atoms with van der Waals surface area (Å²) in [4.78, 5) is 12.2. The van der Waals surface area contributed by atoms with Crippen LogP contribution in [0, 0.1) is 22.7 Å². The van der Waals surface area contributed by atoms with E-state index >= 15 is 0 Å². The van der Waals surface area contributed by atoms with Crippen molar-refractivity contribution in [1.29, 1.82) is 0 Å². The van der Waals surface area contributed by atoms with Crippen molar-refractivity contribution < 1.29 is 4.79 Å². The first-order chi connectivity index (χ1) is 8.12. The lowest BCUT2D eigenvalue weighted by Crippen LogP contribution is -2.35. The Morgan fingerprint density at radius 3 is 2.17 bits per heavy atom. The van der Waals surface area contributed by atoms with Crippen LogP contribution in [0.15, 0.2) is 0 Å². The maximum atomic E-state index is 12.2. The van der Waals surface area contributed by atoms with Crippen LogP contribution in [0.2, 0.25) is 0 Å². The second kappa shape index (κ2) is 5.75. The number of hydrogen-bond donors (Lipinski definition) is 0. The van der Waals surface area contributed by atoms with Gasteiger partial charge in [-0.25, -0.2) is 0 Å². The van der Waals surface area contributed by atoms with Crippen LogP contribution in [0.25, 0.3) is 0 Å². The molecule has 0 aromatic heterocycles. The van der Waals surface area contributed by atoms with Gasteiger partial charge in [0.05, 0.1) is 0 Å². The molecule has 1 saturated carbocycles. The van der Waals surface area contributed by atoms with E-state index in [-0.39, 0.29) is 5.41 Å². The van der Waals surface area contributed by atoms with Gasteiger partial charge >= 0.3 is 0 Å². The van der Waals surface area contributed by atoms with Crippen molar-refractivity contribution in [2.75, 3.05) is 0 Å². The fraction of sp³-hybridized carbons (Fsp3) is 0.941. The average Bonchev–Trinajstić information content (AvgIpc) is 2.13. The van der Waals surface area contributed by atoms with E-state index in [1.165, 1.54) is 25.7 Å². The van der Waals surface area contributed by atoms with Gasteiger partial charge in [0.1, 0.15) is 5.78 Å². The Balaban J connectivity index is 2.50. The molecule has 1 aliphatic rings. The predicted molar refractivity (Wildman–Crippen MR) is 78.6 cm³/mol. The van der Waals surface area contributed by atoms with Crippen molar-refractivity contribution in [2.45, 2.75) is 80.1 Å². The smallest absolute Gasteiger partial charge is 0.136 e. The predicted octanol–water partition coefficient (Wildman–Crippen LogP) is 5.23. The highest BCUT2D eigenvalue weighted by atomic mass is 16.1. The van der Waals surface area contributed by atoms with E-state index in [0.717, 1.165) is 12.8 Å². The summed E-state index contributed by atoms with van der Waals surface area (Å²) in [7, 11) is 0. The van der Waals surface area contributed by atoms with Gasteiger partial charge in [-0.2, -0.15) is 0 Å². The lowest BCUT2D eigenvalue weighted by Gasteiger charge is -2.38. The molecule has 0 spiro atoms. The number of carbonyl (C=O) groups excluding carboxylic acids is 1. The highest BCUT2D eigenvalue weighted by Crippen LogP contribution is 2.41. The molecule has 106 valence electrons. The second-order valence-electron chi connectivity index (χ2n) is 8.31. The van der Waals surface area contributed by atoms with Crippen molar-refractivity contribution in [3.8, 4) is 0 Å². The Kier molecular flexibility index (Phi) is 5.03. The summed E-state index contributed by atoms with van der Waals surface area (Å²) in [5, 5.41) is 0. The number of carbonyl (C=O) groups is 1. The molecule has 0 amide bonds. The number of rotatable bonds is 4. The number of ketones is 1. The first-order valence-electron chi connectivity index (χ1n) is 7.64. The van der Waals surface area contributed by atoms with Crippen LogP contribution >= 0.6 is 0 Å². The van der Waals surface area contributed by atoms with Crippen LogP contribution in [0.5, 0.6) is 0 Å². The van der Waals surface area contributed by atoms with Crippen LogP contribution in [0.3, 0.4) is 0 Å². The maximum Gasteiger partial charge on any atom is 0.136 e. The lowest BCUT2D eigenvalue weighted by atomic mass is 9.66. The van der Waals surface area contributed by atoms with Crippen LogP contribution in [0.1, 0.15) is 80.1 Å². The van der Waals surface area contributed by atoms with Gasteiger partial charge in [-0.3, -0.25) is 4.79 Å². The van der Waals surface area contributed by atoms with Gasteiger partial charge < -0.3 is 0 Å². The first kappa shape index (κ1) is 15.7. The van der Waals surface area contributed by atoms with Gasteiger partial charge in [0.25, 0.3) is 0 Å². The zero-order chi connectivity index (χ0) is 14.0. The topological polar surface area (TPSA) is 17.1 Å². The molecule has 0 radical (unpaired) electrons. The van der Waals surface area contributed by atoms with E-state index in [4.69, 9.17) is 0 Å². The molecule has 0 heterocycles. The quantitative estimate of drug-likeness (QED) is 0.669. The molecule has 0 N–H and O–H groups in total. The molecule has 0 bridgehead atoms. The second-order valence-corrected chi connectivity index (χ2v) is 8.31. The van der Waals surface area contributed by atoms with E-state index < -0.39 is 0 Å². The fourth-order valence-electron chi connectivity index (χ4n) is 3.28. The summed E-state index contributed by atoms with van der Waals surface area (Å²) in [5.74, 6) is 1.45. The highest BCUT2D eigenvalue weighted by molar-refractivity contribution is 5.82. The molecule has 1 heteroatoms. The molecule has 1 rings (SSSR count). The van der Waals surface area contributed by atoms with E-state index in [2.05, 4.69) is 41.5 Å². The Morgan fingerprint density at radius 1 is 1.06 bits per heavy atom. The molecule has 2 atom stereocenters. The monoisotopic (exact) mass is 252 g/mol. The van der Waals surface area contributed by atoms with Gasteiger partial charge in [0.2, 0.25) is 0 Å². The SMILES string of the molecule is CC1CCC(C(C)(C)CCCC(C)(C)C)C(=O)C1. The van der Waals surface area contributed by atoms with Crippen LogP contribution < -0.4 is 0 Å². The molecule has 1 aliphatic carbocycles. The highest BCUT2D eigenvalue weighted by Gasteiger charge is 2.37. The summed E-state index contributed by atoms with van der Waals surface area (Å²) in [6, 6.07) is 0. The number of Topliss-reactive ketones (excluding diaryl/α,β-unsaturated/α-hetero) is 1. The largest absolute Gasteiger partial charge is 0.299 e. The average molecular weight is 252 g/mol. The zero-order valence-corrected chi connectivity index (χ0v) is 13.3. The van der Waals surface area contributed by atoms with E-state index in [9.17, 15) is 4.79 Å². The molecule has 18 heavy (non-hydrogen) atoms. The van der Waals surface area contributed by atoms with E-state index in [1.54, 1.807) is 0 Å². The third-order valence-electron chi connectivity index (χ3n) is 4.58. The van der Waals surface area contributed by atoms with Crippen molar-refractivity contribution in [3.05, 3.63) is 0 Å². The Bertz CT molecular complexity index is 282. The molecule has 1 nitrogen and oxygen atoms in total. The summed E-state index contributed by atoms with van der Waals surface area (Å²) in [6.07, 6.45) is 6.85. The fourth-order valence-corrected chi connectivity index (χ4v) is 3.28. The van der Waals surface area contributed by atoms with Crippen LogP contribution in [-0.4, -0.2) is 5.78 Å². The minimum absolute atomic E-state index is 0.197. The Hall–Kier alpha value is -0.330. The first-order valence-corrected chi connectivity index (χ1v) is 7.64. The molecule has 0 aromatic rings. The summed E-state index contributed by atoms with van der Waals surface area (Å²) in [5.41, 5.74) is 0.615. The summed E-state index contributed by atoms with van der Waals surface area (Å²) in [6.45, 7) is 13.7. The van der Waals surface area contributed by atoms with Gasteiger partial charge in [-0.05, 0) is 42.4 Å². The molecule has 2 unspecified atom stereocenters. The Labute approximate surface area is 114 Å². The molecule has 1 fully saturated rings. The van der Waals surface area contributed by atoms with Crippen molar-refractivity contribution in [3.63, 3.8) is 0 Å². The molecular weight excluding hydrogens is 220 g/mol. The minimum Gasteiger partial charge on any atom is -0.299 e. The third kappa shape index (κ3) is 4.74. The third-order valence-corrected chi connectivity index (χ3v) is 4.58. The maximum absolute atomic E-state index is 12.2. The van der Waals surface area contributed by atoms with Crippen LogP contribution in [-0.2, 0) is 4.79 Å². The summed E-state index contributed by atoms with van der Waals surface area (Å²) >= 11 is 0. The normalized spacial score (nSPS) is 26.4. The van der Waals surface area contributed by atoms with Gasteiger partial charge in [-0.15, -0.1) is 0 Å². The van der Waals surface area contributed by atoms with Crippen molar-refractivity contribution >= 4 is 5.78 Å². The van der Waals surface area contributed by atoms with Crippen molar-refractivity contribution in [1.82, 2.24) is 0 Å². The summed E-state index contributed by atoms with van der Waals surface area (Å²) < 4.78 is 0. The molecule has 0 saturated heterocycles. The van der Waals surface area contributed by atoms with Gasteiger partial charge in [-0.1, -0.05) is 48.0 Å².